The lowest BCUT2D eigenvalue weighted by Crippen LogP contribution is -2.35. The zero-order valence-electron chi connectivity index (χ0n) is 15.9. The van der Waals surface area contributed by atoms with Crippen LogP contribution in [0.15, 0.2) is 48.5 Å². The van der Waals surface area contributed by atoms with Gasteiger partial charge in [-0.2, -0.15) is 5.10 Å². The van der Waals surface area contributed by atoms with Gasteiger partial charge >= 0.3 is 0 Å². The fourth-order valence-corrected chi connectivity index (χ4v) is 4.60. The number of aromatic nitrogens is 2. The molecule has 0 saturated carbocycles. The summed E-state index contributed by atoms with van der Waals surface area (Å²) >= 11 is 0. The Morgan fingerprint density at radius 2 is 1.89 bits per heavy atom. The summed E-state index contributed by atoms with van der Waals surface area (Å²) < 4.78 is 15.6. The van der Waals surface area contributed by atoms with Gasteiger partial charge in [0, 0.05) is 43.3 Å². The van der Waals surface area contributed by atoms with Crippen LogP contribution in [0.5, 0.6) is 0 Å². The van der Waals surface area contributed by atoms with Crippen molar-refractivity contribution in [1.82, 2.24) is 14.7 Å². The minimum absolute atomic E-state index is 0.0784. The molecular formula is C23H22FN3O. The number of rotatable bonds is 2. The van der Waals surface area contributed by atoms with Gasteiger partial charge in [0.1, 0.15) is 5.82 Å². The second kappa shape index (κ2) is 6.59. The second-order valence-corrected chi connectivity index (χ2v) is 7.67. The van der Waals surface area contributed by atoms with Gasteiger partial charge in [0.25, 0.3) is 0 Å². The smallest absolute Gasteiger partial charge is 0.219 e. The van der Waals surface area contributed by atoms with Crippen LogP contribution in [0.4, 0.5) is 4.39 Å². The highest BCUT2D eigenvalue weighted by molar-refractivity contribution is 5.74. The van der Waals surface area contributed by atoms with Gasteiger partial charge in [0.05, 0.1) is 11.7 Å². The van der Waals surface area contributed by atoms with Gasteiger partial charge in [0.2, 0.25) is 5.91 Å². The van der Waals surface area contributed by atoms with Crippen LogP contribution in [0.3, 0.4) is 0 Å². The summed E-state index contributed by atoms with van der Waals surface area (Å²) in [5, 5.41) is 5.02. The average Bonchev–Trinajstić information content (AvgIpc) is 3.29. The summed E-state index contributed by atoms with van der Waals surface area (Å²) in [7, 11) is 0. The largest absolute Gasteiger partial charge is 0.338 e. The monoisotopic (exact) mass is 375 g/mol. The standard InChI is InChI=1S/C23H22FN3O/c1-15(28)26-13-12-22-20(14-26)23(17-6-9-18(24)10-7-17)25-27(22)21-11-8-16-4-2-3-5-19(16)21/h2-7,9-10,21H,8,11-14H2,1H3/t21-/m0/s1. The summed E-state index contributed by atoms with van der Waals surface area (Å²) in [5.74, 6) is -0.179. The first-order valence-electron chi connectivity index (χ1n) is 9.81. The van der Waals surface area contributed by atoms with Crippen molar-refractivity contribution in [2.24, 2.45) is 0 Å². The molecule has 1 atom stereocenters. The van der Waals surface area contributed by atoms with E-state index < -0.39 is 0 Å². The second-order valence-electron chi connectivity index (χ2n) is 7.67. The quantitative estimate of drug-likeness (QED) is 0.675. The van der Waals surface area contributed by atoms with Crippen LogP contribution < -0.4 is 0 Å². The number of nitrogens with zero attached hydrogens (tertiary/aromatic N) is 3. The third-order valence-electron chi connectivity index (χ3n) is 6.05. The fourth-order valence-electron chi connectivity index (χ4n) is 4.60. The average molecular weight is 375 g/mol. The minimum Gasteiger partial charge on any atom is -0.338 e. The molecule has 4 nitrogen and oxygen atoms in total. The first kappa shape index (κ1) is 17.2. The van der Waals surface area contributed by atoms with Crippen molar-refractivity contribution in [2.75, 3.05) is 6.54 Å². The van der Waals surface area contributed by atoms with Crippen LogP contribution in [0.25, 0.3) is 11.3 Å². The normalized spacial score (nSPS) is 18.1. The van der Waals surface area contributed by atoms with Gasteiger partial charge in [-0.1, -0.05) is 24.3 Å². The Morgan fingerprint density at radius 3 is 2.68 bits per heavy atom. The summed E-state index contributed by atoms with van der Waals surface area (Å²) in [5.41, 5.74) is 6.79. The molecule has 2 heterocycles. The molecule has 2 aliphatic rings. The minimum atomic E-state index is -0.257. The van der Waals surface area contributed by atoms with Crippen molar-refractivity contribution in [3.63, 3.8) is 0 Å². The lowest BCUT2D eigenvalue weighted by atomic mass is 10.00. The number of fused-ring (bicyclic) bond motifs is 2. The number of amides is 1. The van der Waals surface area contributed by atoms with E-state index in [-0.39, 0.29) is 17.8 Å². The molecule has 3 aromatic rings. The van der Waals surface area contributed by atoms with Gasteiger partial charge < -0.3 is 4.90 Å². The van der Waals surface area contributed by atoms with Crippen LogP contribution in [-0.4, -0.2) is 27.1 Å². The molecule has 0 spiro atoms. The molecule has 1 amide bonds. The molecule has 0 fully saturated rings. The maximum Gasteiger partial charge on any atom is 0.219 e. The van der Waals surface area contributed by atoms with Gasteiger partial charge in [0.15, 0.2) is 0 Å². The summed E-state index contributed by atoms with van der Waals surface area (Å²) in [6.07, 6.45) is 2.88. The Balaban J connectivity index is 1.64. The molecule has 1 aliphatic carbocycles. The summed E-state index contributed by atoms with van der Waals surface area (Å²) in [6.45, 7) is 2.89. The molecule has 28 heavy (non-hydrogen) atoms. The number of aryl methyl sites for hydroxylation is 1. The predicted octanol–water partition coefficient (Wildman–Crippen LogP) is 4.13. The van der Waals surface area contributed by atoms with E-state index in [0.29, 0.717) is 13.1 Å². The number of halogens is 1. The van der Waals surface area contributed by atoms with E-state index in [9.17, 15) is 9.18 Å². The van der Waals surface area contributed by atoms with Crippen molar-refractivity contribution >= 4 is 5.91 Å². The lowest BCUT2D eigenvalue weighted by Gasteiger charge is -2.28. The van der Waals surface area contributed by atoms with E-state index in [1.165, 1.54) is 29.0 Å². The summed E-state index contributed by atoms with van der Waals surface area (Å²) in [6, 6.07) is 15.3. The first-order chi connectivity index (χ1) is 13.6. The van der Waals surface area contributed by atoms with E-state index in [4.69, 9.17) is 5.10 Å². The van der Waals surface area contributed by atoms with Crippen LogP contribution >= 0.6 is 0 Å². The molecule has 0 saturated heterocycles. The van der Waals surface area contributed by atoms with Crippen molar-refractivity contribution < 1.29 is 9.18 Å². The molecular weight excluding hydrogens is 353 g/mol. The van der Waals surface area contributed by atoms with E-state index in [1.807, 2.05) is 4.90 Å². The zero-order chi connectivity index (χ0) is 19.3. The molecule has 0 bridgehead atoms. The molecule has 5 heteroatoms. The Labute approximate surface area is 163 Å². The Bertz CT molecular complexity index is 1050. The number of benzene rings is 2. The Morgan fingerprint density at radius 1 is 1.11 bits per heavy atom. The highest BCUT2D eigenvalue weighted by atomic mass is 19.1. The van der Waals surface area contributed by atoms with Crippen molar-refractivity contribution in [3.05, 3.63) is 76.7 Å². The fraction of sp³-hybridized carbons (Fsp3) is 0.304. The lowest BCUT2D eigenvalue weighted by molar-refractivity contribution is -0.129. The maximum absolute atomic E-state index is 13.4. The first-order valence-corrected chi connectivity index (χ1v) is 9.81. The highest BCUT2D eigenvalue weighted by Crippen LogP contribution is 2.38. The molecule has 1 aromatic heterocycles. The molecule has 2 aromatic carbocycles. The van der Waals surface area contributed by atoms with E-state index in [0.717, 1.165) is 36.1 Å². The predicted molar refractivity (Wildman–Crippen MR) is 105 cm³/mol. The zero-order valence-corrected chi connectivity index (χ0v) is 15.9. The van der Waals surface area contributed by atoms with Gasteiger partial charge in [-0.25, -0.2) is 4.39 Å². The third-order valence-corrected chi connectivity index (χ3v) is 6.05. The van der Waals surface area contributed by atoms with Crippen LogP contribution in [0, 0.1) is 5.82 Å². The topological polar surface area (TPSA) is 38.1 Å². The number of hydrogen-bond acceptors (Lipinski definition) is 2. The van der Waals surface area contributed by atoms with Gasteiger partial charge in [-0.15, -0.1) is 0 Å². The van der Waals surface area contributed by atoms with Crippen molar-refractivity contribution in [3.8, 4) is 11.3 Å². The van der Waals surface area contributed by atoms with E-state index >= 15 is 0 Å². The number of carbonyl (C=O) groups is 1. The summed E-state index contributed by atoms with van der Waals surface area (Å²) in [4.78, 5) is 13.8. The van der Waals surface area contributed by atoms with E-state index in [2.05, 4.69) is 28.9 Å². The van der Waals surface area contributed by atoms with Crippen LogP contribution in [0.1, 0.15) is 41.8 Å². The number of hydrogen-bond donors (Lipinski definition) is 0. The van der Waals surface area contributed by atoms with Crippen LogP contribution in [0.2, 0.25) is 0 Å². The molecule has 1 aliphatic heterocycles. The molecule has 142 valence electrons. The molecule has 0 N–H and O–H groups in total. The third kappa shape index (κ3) is 2.73. The molecule has 0 radical (unpaired) electrons. The van der Waals surface area contributed by atoms with Gasteiger partial charge in [-0.05, 0) is 48.2 Å². The molecule has 0 unspecified atom stereocenters. The number of carbonyl (C=O) groups excluding carboxylic acids is 1. The van der Waals surface area contributed by atoms with Crippen LogP contribution in [-0.2, 0) is 24.2 Å². The maximum atomic E-state index is 13.4. The van der Waals surface area contributed by atoms with Gasteiger partial charge in [-0.3, -0.25) is 9.48 Å². The highest BCUT2D eigenvalue weighted by Gasteiger charge is 2.32. The Kier molecular flexibility index (Phi) is 4.04. The Hall–Kier alpha value is -2.95. The van der Waals surface area contributed by atoms with Crippen molar-refractivity contribution in [2.45, 2.75) is 38.8 Å². The van der Waals surface area contributed by atoms with E-state index in [1.54, 1.807) is 19.1 Å². The van der Waals surface area contributed by atoms with Crippen molar-refractivity contribution in [1.29, 1.82) is 0 Å². The molecule has 5 rings (SSSR count). The SMILES string of the molecule is CC(=O)N1CCc2c(c(-c3ccc(F)cc3)nn2[C@H]2CCc3ccccc32)C1.